The van der Waals surface area contributed by atoms with E-state index in [9.17, 15) is 9.18 Å². The number of halogens is 1. The highest BCUT2D eigenvalue weighted by Crippen LogP contribution is 2.21. The molecule has 0 aliphatic carbocycles. The Balaban J connectivity index is 2.88. The molecule has 0 saturated carbocycles. The molecule has 0 N–H and O–H groups in total. The molecule has 0 saturated heterocycles. The van der Waals surface area contributed by atoms with E-state index in [2.05, 4.69) is 0 Å². The fourth-order valence-corrected chi connectivity index (χ4v) is 1.58. The van der Waals surface area contributed by atoms with E-state index >= 15 is 0 Å². The summed E-state index contributed by atoms with van der Waals surface area (Å²) in [7, 11) is 0. The van der Waals surface area contributed by atoms with E-state index in [4.69, 9.17) is 0 Å². The molecule has 0 amide bonds. The Morgan fingerprint density at radius 2 is 1.71 bits per heavy atom. The van der Waals surface area contributed by atoms with Crippen LogP contribution < -0.4 is 0 Å². The van der Waals surface area contributed by atoms with E-state index in [1.54, 1.807) is 30.3 Å². The molecule has 2 heteroatoms. The van der Waals surface area contributed by atoms with Crippen molar-refractivity contribution in [2.75, 3.05) is 0 Å². The SMILES string of the molecule is CC(=O)c1cccc2c(F)cccc12. The molecule has 1 nitrogen and oxygen atoms in total. The maximum atomic E-state index is 13.3. The van der Waals surface area contributed by atoms with Crippen LogP contribution in [0.2, 0.25) is 0 Å². The fourth-order valence-electron chi connectivity index (χ4n) is 1.58. The van der Waals surface area contributed by atoms with Crippen molar-refractivity contribution in [3.05, 3.63) is 47.8 Å². The van der Waals surface area contributed by atoms with Gasteiger partial charge in [-0.25, -0.2) is 4.39 Å². The molecule has 0 aliphatic rings. The van der Waals surface area contributed by atoms with Gasteiger partial charge in [-0.05, 0) is 18.4 Å². The zero-order valence-electron chi connectivity index (χ0n) is 7.75. The normalized spacial score (nSPS) is 10.4. The first-order chi connectivity index (χ1) is 6.70. The molecule has 0 spiro atoms. The highest BCUT2D eigenvalue weighted by Gasteiger charge is 2.06. The van der Waals surface area contributed by atoms with Crippen molar-refractivity contribution in [1.29, 1.82) is 0 Å². The molecule has 0 heterocycles. The fraction of sp³-hybridized carbons (Fsp3) is 0.0833. The zero-order chi connectivity index (χ0) is 10.1. The van der Waals surface area contributed by atoms with Gasteiger partial charge in [-0.2, -0.15) is 0 Å². The van der Waals surface area contributed by atoms with Crippen molar-refractivity contribution in [2.45, 2.75) is 6.92 Å². The number of hydrogen-bond donors (Lipinski definition) is 0. The molecule has 2 aromatic rings. The van der Waals surface area contributed by atoms with Gasteiger partial charge < -0.3 is 0 Å². The van der Waals surface area contributed by atoms with Gasteiger partial charge in [0.05, 0.1) is 0 Å². The van der Waals surface area contributed by atoms with Crippen LogP contribution in [0.1, 0.15) is 17.3 Å². The van der Waals surface area contributed by atoms with Crippen LogP contribution in [-0.2, 0) is 0 Å². The van der Waals surface area contributed by atoms with Crippen LogP contribution in [0.5, 0.6) is 0 Å². The number of ketones is 1. The maximum Gasteiger partial charge on any atom is 0.160 e. The van der Waals surface area contributed by atoms with Crippen LogP contribution in [0.4, 0.5) is 4.39 Å². The first-order valence-corrected chi connectivity index (χ1v) is 4.38. The van der Waals surface area contributed by atoms with Gasteiger partial charge in [0, 0.05) is 10.9 Å². The average Bonchev–Trinajstić information content (AvgIpc) is 2.17. The standard InChI is InChI=1S/C12H9FO/c1-8(14)9-4-2-6-11-10(9)5-3-7-12(11)13/h2-7H,1H3. The minimum absolute atomic E-state index is 0.0406. The van der Waals surface area contributed by atoms with Crippen LogP contribution in [0.3, 0.4) is 0 Å². The third kappa shape index (κ3) is 1.29. The molecule has 14 heavy (non-hydrogen) atoms. The first kappa shape index (κ1) is 8.88. The van der Waals surface area contributed by atoms with E-state index in [0.29, 0.717) is 16.3 Å². The number of Topliss-reactive ketones (excluding diaryl/α,β-unsaturated/α-hetero) is 1. The van der Waals surface area contributed by atoms with Crippen molar-refractivity contribution >= 4 is 16.6 Å². The summed E-state index contributed by atoms with van der Waals surface area (Å²) in [6.45, 7) is 1.49. The third-order valence-electron chi connectivity index (χ3n) is 2.25. The smallest absolute Gasteiger partial charge is 0.160 e. The summed E-state index contributed by atoms with van der Waals surface area (Å²) >= 11 is 0. The Bertz CT molecular complexity index is 503. The van der Waals surface area contributed by atoms with Crippen LogP contribution >= 0.6 is 0 Å². The van der Waals surface area contributed by atoms with Gasteiger partial charge in [0.15, 0.2) is 5.78 Å². The summed E-state index contributed by atoms with van der Waals surface area (Å²) in [5.41, 5.74) is 0.571. The molecule has 2 aromatic carbocycles. The van der Waals surface area contributed by atoms with Gasteiger partial charge in [0.25, 0.3) is 0 Å². The Labute approximate surface area is 81.2 Å². The summed E-state index contributed by atoms with van der Waals surface area (Å²) in [5.74, 6) is -0.327. The largest absolute Gasteiger partial charge is 0.294 e. The average molecular weight is 188 g/mol. The van der Waals surface area contributed by atoms with Crippen LogP contribution in [-0.4, -0.2) is 5.78 Å². The molecule has 0 aliphatic heterocycles. The summed E-state index contributed by atoms with van der Waals surface area (Å²) < 4.78 is 13.3. The van der Waals surface area contributed by atoms with E-state index in [0.717, 1.165) is 0 Å². The summed E-state index contributed by atoms with van der Waals surface area (Å²) in [6.07, 6.45) is 0. The number of rotatable bonds is 1. The molecule has 0 unspecified atom stereocenters. The molecular formula is C12H9FO. The lowest BCUT2D eigenvalue weighted by atomic mass is 10.0. The quantitative estimate of drug-likeness (QED) is 0.628. The van der Waals surface area contributed by atoms with Gasteiger partial charge in [-0.15, -0.1) is 0 Å². The molecule has 0 aromatic heterocycles. The minimum Gasteiger partial charge on any atom is -0.294 e. The summed E-state index contributed by atoms with van der Waals surface area (Å²) in [6, 6.07) is 9.86. The Morgan fingerprint density at radius 3 is 2.43 bits per heavy atom. The van der Waals surface area contributed by atoms with E-state index < -0.39 is 0 Å². The van der Waals surface area contributed by atoms with E-state index in [1.807, 2.05) is 0 Å². The van der Waals surface area contributed by atoms with Crippen molar-refractivity contribution in [1.82, 2.24) is 0 Å². The number of carbonyl (C=O) groups excluding carboxylic acids is 1. The van der Waals surface area contributed by atoms with Crippen molar-refractivity contribution in [2.24, 2.45) is 0 Å². The maximum absolute atomic E-state index is 13.3. The number of benzene rings is 2. The lowest BCUT2D eigenvalue weighted by Gasteiger charge is -2.03. The van der Waals surface area contributed by atoms with Gasteiger partial charge >= 0.3 is 0 Å². The Hall–Kier alpha value is -1.70. The summed E-state index contributed by atoms with van der Waals surface area (Å²) in [4.78, 5) is 11.2. The molecule has 0 atom stereocenters. The van der Waals surface area contributed by atoms with E-state index in [1.165, 1.54) is 13.0 Å². The first-order valence-electron chi connectivity index (χ1n) is 4.38. The zero-order valence-corrected chi connectivity index (χ0v) is 7.75. The number of fused-ring (bicyclic) bond motifs is 1. The highest BCUT2D eigenvalue weighted by molar-refractivity contribution is 6.07. The van der Waals surface area contributed by atoms with Gasteiger partial charge in [0.2, 0.25) is 0 Å². The van der Waals surface area contributed by atoms with Gasteiger partial charge in [-0.1, -0.05) is 30.3 Å². The minimum atomic E-state index is -0.286. The molecule has 0 bridgehead atoms. The van der Waals surface area contributed by atoms with Crippen LogP contribution in [0.15, 0.2) is 36.4 Å². The monoisotopic (exact) mass is 188 g/mol. The Kier molecular flexibility index (Phi) is 2.04. The Morgan fingerprint density at radius 1 is 1.07 bits per heavy atom. The topological polar surface area (TPSA) is 17.1 Å². The molecule has 0 radical (unpaired) electrons. The van der Waals surface area contributed by atoms with Crippen LogP contribution in [0, 0.1) is 5.82 Å². The van der Waals surface area contributed by atoms with E-state index in [-0.39, 0.29) is 11.6 Å². The highest BCUT2D eigenvalue weighted by atomic mass is 19.1. The molecule has 2 rings (SSSR count). The molecule has 70 valence electrons. The van der Waals surface area contributed by atoms with Crippen molar-refractivity contribution < 1.29 is 9.18 Å². The third-order valence-corrected chi connectivity index (χ3v) is 2.25. The predicted molar refractivity (Wildman–Crippen MR) is 53.9 cm³/mol. The lowest BCUT2D eigenvalue weighted by molar-refractivity contribution is 0.101. The second kappa shape index (κ2) is 3.22. The molecule has 0 fully saturated rings. The van der Waals surface area contributed by atoms with Gasteiger partial charge in [0.1, 0.15) is 5.82 Å². The second-order valence-electron chi connectivity index (χ2n) is 3.20. The number of hydrogen-bond acceptors (Lipinski definition) is 1. The lowest BCUT2D eigenvalue weighted by Crippen LogP contribution is -1.93. The number of carbonyl (C=O) groups is 1. The van der Waals surface area contributed by atoms with Crippen molar-refractivity contribution in [3.63, 3.8) is 0 Å². The van der Waals surface area contributed by atoms with Crippen LogP contribution in [0.25, 0.3) is 10.8 Å². The second-order valence-corrected chi connectivity index (χ2v) is 3.20. The predicted octanol–water partition coefficient (Wildman–Crippen LogP) is 3.18. The summed E-state index contributed by atoms with van der Waals surface area (Å²) in [5, 5.41) is 1.18. The van der Waals surface area contributed by atoms with Gasteiger partial charge in [-0.3, -0.25) is 4.79 Å². The molecular weight excluding hydrogens is 179 g/mol. The van der Waals surface area contributed by atoms with Crippen molar-refractivity contribution in [3.8, 4) is 0 Å².